The van der Waals surface area contributed by atoms with Gasteiger partial charge in [0.2, 0.25) is 0 Å². The Kier molecular flexibility index (Phi) is 6.72. The predicted molar refractivity (Wildman–Crippen MR) is 109 cm³/mol. The van der Waals surface area contributed by atoms with Crippen LogP contribution in [0.25, 0.3) is 0 Å². The summed E-state index contributed by atoms with van der Waals surface area (Å²) in [4.78, 5) is 22.9. The van der Waals surface area contributed by atoms with Crippen LogP contribution in [0.15, 0.2) is 30.6 Å². The van der Waals surface area contributed by atoms with Gasteiger partial charge in [-0.25, -0.2) is 14.8 Å². The van der Waals surface area contributed by atoms with Crippen molar-refractivity contribution in [1.29, 1.82) is 0 Å². The minimum atomic E-state index is -0.297. The van der Waals surface area contributed by atoms with E-state index in [2.05, 4.69) is 30.8 Å². The molecule has 9 nitrogen and oxygen atoms in total. The van der Waals surface area contributed by atoms with Gasteiger partial charge in [0.1, 0.15) is 18.0 Å². The normalized spacial score (nSPS) is 13.1. The largest absolute Gasteiger partial charge is 0.493 e. The maximum absolute atomic E-state index is 12.1. The van der Waals surface area contributed by atoms with Crippen LogP contribution in [-0.2, 0) is 0 Å². The van der Waals surface area contributed by atoms with Crippen molar-refractivity contribution >= 4 is 23.4 Å². The minimum absolute atomic E-state index is 0.297. The molecule has 1 aromatic carbocycles. The molecule has 1 saturated heterocycles. The van der Waals surface area contributed by atoms with E-state index in [1.54, 1.807) is 38.7 Å². The Morgan fingerprint density at radius 2 is 1.86 bits per heavy atom. The molecule has 3 rings (SSSR count). The van der Waals surface area contributed by atoms with Crippen molar-refractivity contribution in [2.75, 3.05) is 55.9 Å². The third-order valence-electron chi connectivity index (χ3n) is 4.44. The van der Waals surface area contributed by atoms with Crippen LogP contribution in [0.2, 0.25) is 0 Å². The van der Waals surface area contributed by atoms with E-state index in [-0.39, 0.29) is 6.03 Å². The second-order valence-electron chi connectivity index (χ2n) is 6.33. The van der Waals surface area contributed by atoms with Gasteiger partial charge in [-0.2, -0.15) is 0 Å². The molecule has 150 valence electrons. The molecule has 1 fully saturated rings. The van der Waals surface area contributed by atoms with E-state index < -0.39 is 0 Å². The summed E-state index contributed by atoms with van der Waals surface area (Å²) in [6.45, 7) is 3.07. The summed E-state index contributed by atoms with van der Waals surface area (Å²) in [5.41, 5.74) is 0.620. The van der Waals surface area contributed by atoms with Gasteiger partial charge >= 0.3 is 6.03 Å². The van der Waals surface area contributed by atoms with Crippen LogP contribution in [-0.4, -0.2) is 56.4 Å². The van der Waals surface area contributed by atoms with Crippen molar-refractivity contribution < 1.29 is 14.3 Å². The molecule has 2 amide bonds. The number of methoxy groups -OCH3 is 2. The Hall–Kier alpha value is -3.23. The van der Waals surface area contributed by atoms with E-state index in [0.29, 0.717) is 30.3 Å². The fraction of sp³-hybridized carbons (Fsp3) is 0.421. The minimum Gasteiger partial charge on any atom is -0.493 e. The number of urea groups is 1. The lowest BCUT2D eigenvalue weighted by Gasteiger charge is -2.16. The SMILES string of the molecule is COc1ccc(NC(=O)NCCNc2cc(N3CCCC3)ncn2)cc1OC. The molecule has 2 heterocycles. The Labute approximate surface area is 164 Å². The lowest BCUT2D eigenvalue weighted by atomic mass is 10.3. The van der Waals surface area contributed by atoms with Gasteiger partial charge in [-0.05, 0) is 25.0 Å². The van der Waals surface area contributed by atoms with Crippen LogP contribution in [0.1, 0.15) is 12.8 Å². The summed E-state index contributed by atoms with van der Waals surface area (Å²) in [6.07, 6.45) is 3.96. The van der Waals surface area contributed by atoms with Gasteiger partial charge in [-0.1, -0.05) is 0 Å². The Morgan fingerprint density at radius 3 is 2.61 bits per heavy atom. The number of nitrogens with zero attached hydrogens (tertiary/aromatic N) is 3. The zero-order valence-electron chi connectivity index (χ0n) is 16.2. The van der Waals surface area contributed by atoms with Crippen molar-refractivity contribution in [3.05, 3.63) is 30.6 Å². The number of carbonyl (C=O) groups excluding carboxylic acids is 1. The van der Waals surface area contributed by atoms with Crippen LogP contribution < -0.4 is 30.3 Å². The van der Waals surface area contributed by atoms with Gasteiger partial charge in [-0.15, -0.1) is 0 Å². The highest BCUT2D eigenvalue weighted by Crippen LogP contribution is 2.29. The van der Waals surface area contributed by atoms with E-state index in [9.17, 15) is 4.79 Å². The molecule has 3 N–H and O–H groups in total. The predicted octanol–water partition coefficient (Wildman–Crippen LogP) is 2.33. The van der Waals surface area contributed by atoms with Gasteiger partial charge in [0, 0.05) is 44.0 Å². The Bertz CT molecular complexity index is 795. The van der Waals surface area contributed by atoms with E-state index in [0.717, 1.165) is 24.7 Å². The molecular formula is C19H26N6O3. The number of anilines is 3. The zero-order valence-corrected chi connectivity index (χ0v) is 16.2. The van der Waals surface area contributed by atoms with Crippen LogP contribution in [0.5, 0.6) is 11.5 Å². The number of rotatable bonds is 8. The number of carbonyl (C=O) groups is 1. The summed E-state index contributed by atoms with van der Waals surface area (Å²) in [7, 11) is 3.12. The molecule has 0 bridgehead atoms. The molecule has 0 unspecified atom stereocenters. The summed E-state index contributed by atoms with van der Waals surface area (Å²) in [6, 6.07) is 6.84. The van der Waals surface area contributed by atoms with Gasteiger partial charge < -0.3 is 30.3 Å². The van der Waals surface area contributed by atoms with Gasteiger partial charge in [0.15, 0.2) is 11.5 Å². The van der Waals surface area contributed by atoms with Crippen LogP contribution in [0, 0.1) is 0 Å². The fourth-order valence-corrected chi connectivity index (χ4v) is 3.02. The van der Waals surface area contributed by atoms with E-state index in [4.69, 9.17) is 9.47 Å². The molecule has 0 saturated carbocycles. The molecule has 0 aliphatic carbocycles. The summed E-state index contributed by atoms with van der Waals surface area (Å²) in [5, 5.41) is 8.77. The quantitative estimate of drug-likeness (QED) is 0.599. The van der Waals surface area contributed by atoms with Gasteiger partial charge in [-0.3, -0.25) is 0 Å². The Balaban J connectivity index is 1.43. The van der Waals surface area contributed by atoms with Crippen LogP contribution >= 0.6 is 0 Å². The Morgan fingerprint density at radius 1 is 1.07 bits per heavy atom. The van der Waals surface area contributed by atoms with E-state index >= 15 is 0 Å². The molecule has 28 heavy (non-hydrogen) atoms. The standard InChI is InChI=1S/C19H26N6O3/c1-27-15-6-5-14(11-16(15)28-2)24-19(26)21-8-7-20-17-12-18(23-13-22-17)25-9-3-4-10-25/h5-6,11-13H,3-4,7-10H2,1-2H3,(H,20,22,23)(H2,21,24,26). The maximum atomic E-state index is 12.1. The van der Waals surface area contributed by atoms with Crippen molar-refractivity contribution in [2.45, 2.75) is 12.8 Å². The maximum Gasteiger partial charge on any atom is 0.319 e. The number of hydrogen-bond acceptors (Lipinski definition) is 7. The number of amides is 2. The summed E-state index contributed by atoms with van der Waals surface area (Å²) < 4.78 is 10.4. The number of benzene rings is 1. The highest BCUT2D eigenvalue weighted by Gasteiger charge is 2.14. The number of ether oxygens (including phenoxy) is 2. The zero-order chi connectivity index (χ0) is 19.8. The molecule has 2 aromatic rings. The lowest BCUT2D eigenvalue weighted by molar-refractivity contribution is 0.252. The molecule has 1 aromatic heterocycles. The first kappa shape index (κ1) is 19.5. The van der Waals surface area contributed by atoms with E-state index in [1.807, 2.05) is 6.07 Å². The molecular weight excluding hydrogens is 360 g/mol. The number of nitrogens with one attached hydrogen (secondary N) is 3. The average Bonchev–Trinajstić information content (AvgIpc) is 3.26. The topological polar surface area (TPSA) is 101 Å². The molecule has 9 heteroatoms. The molecule has 1 aliphatic rings. The fourth-order valence-electron chi connectivity index (χ4n) is 3.02. The summed E-state index contributed by atoms with van der Waals surface area (Å²) >= 11 is 0. The van der Waals surface area contributed by atoms with Gasteiger partial charge in [0.25, 0.3) is 0 Å². The third kappa shape index (κ3) is 5.15. The number of aromatic nitrogens is 2. The van der Waals surface area contributed by atoms with Crippen molar-refractivity contribution in [1.82, 2.24) is 15.3 Å². The van der Waals surface area contributed by atoms with E-state index in [1.165, 1.54) is 12.8 Å². The first-order valence-electron chi connectivity index (χ1n) is 9.27. The second-order valence-corrected chi connectivity index (χ2v) is 6.33. The van der Waals surface area contributed by atoms with Crippen molar-refractivity contribution in [3.8, 4) is 11.5 Å². The van der Waals surface area contributed by atoms with Crippen molar-refractivity contribution in [2.24, 2.45) is 0 Å². The number of hydrogen-bond donors (Lipinski definition) is 3. The highest BCUT2D eigenvalue weighted by molar-refractivity contribution is 5.89. The van der Waals surface area contributed by atoms with Crippen molar-refractivity contribution in [3.63, 3.8) is 0 Å². The molecule has 0 atom stereocenters. The lowest BCUT2D eigenvalue weighted by Crippen LogP contribution is -2.32. The molecule has 1 aliphatic heterocycles. The monoisotopic (exact) mass is 386 g/mol. The highest BCUT2D eigenvalue weighted by atomic mass is 16.5. The van der Waals surface area contributed by atoms with Crippen LogP contribution in [0.4, 0.5) is 22.1 Å². The molecule has 0 spiro atoms. The first-order chi connectivity index (χ1) is 13.7. The first-order valence-corrected chi connectivity index (χ1v) is 9.27. The second kappa shape index (κ2) is 9.63. The third-order valence-corrected chi connectivity index (χ3v) is 4.44. The van der Waals surface area contributed by atoms with Gasteiger partial charge in [0.05, 0.1) is 14.2 Å². The van der Waals surface area contributed by atoms with Crippen LogP contribution in [0.3, 0.4) is 0 Å². The molecule has 0 radical (unpaired) electrons. The summed E-state index contributed by atoms with van der Waals surface area (Å²) in [5.74, 6) is 2.85. The smallest absolute Gasteiger partial charge is 0.319 e. The average molecular weight is 386 g/mol.